The first-order chi connectivity index (χ1) is 8.59. The summed E-state index contributed by atoms with van der Waals surface area (Å²) in [5, 5.41) is 13.5. The van der Waals surface area contributed by atoms with E-state index in [0.29, 0.717) is 0 Å². The highest BCUT2D eigenvalue weighted by molar-refractivity contribution is 5.21. The van der Waals surface area contributed by atoms with Gasteiger partial charge in [-0.25, -0.2) is 13.5 Å². The van der Waals surface area contributed by atoms with Crippen molar-refractivity contribution in [2.45, 2.75) is 12.6 Å². The maximum Gasteiger partial charge on any atom is 0.266 e. The smallest absolute Gasteiger partial charge is 0.266 e. The van der Waals surface area contributed by atoms with Crippen LogP contribution in [0.5, 0.6) is 0 Å². The molecule has 0 spiro atoms. The van der Waals surface area contributed by atoms with E-state index in [4.69, 9.17) is 0 Å². The van der Waals surface area contributed by atoms with Gasteiger partial charge in [0.25, 0.3) is 5.56 Å². The number of hydrogen-bond acceptors (Lipinski definition) is 3. The van der Waals surface area contributed by atoms with Crippen LogP contribution in [0, 0.1) is 11.6 Å². The lowest BCUT2D eigenvalue weighted by Gasteiger charge is -2.12. The number of nitrogens with zero attached hydrogens (tertiary/aromatic N) is 2. The maximum absolute atomic E-state index is 13.4. The van der Waals surface area contributed by atoms with Crippen LogP contribution in [0.2, 0.25) is 0 Å². The lowest BCUT2D eigenvalue weighted by atomic mass is 10.1. The van der Waals surface area contributed by atoms with Crippen molar-refractivity contribution in [2.75, 3.05) is 0 Å². The molecule has 1 aromatic heterocycles. The fourth-order valence-corrected chi connectivity index (χ4v) is 1.56. The topological polar surface area (TPSA) is 55.1 Å². The Morgan fingerprint density at radius 1 is 1.28 bits per heavy atom. The van der Waals surface area contributed by atoms with E-state index >= 15 is 0 Å². The predicted octanol–water partition coefficient (Wildman–Crippen LogP) is 1.26. The molecule has 2 aromatic rings. The van der Waals surface area contributed by atoms with Gasteiger partial charge in [0, 0.05) is 17.8 Å². The van der Waals surface area contributed by atoms with Crippen LogP contribution in [-0.4, -0.2) is 14.9 Å². The van der Waals surface area contributed by atoms with Gasteiger partial charge in [0.2, 0.25) is 0 Å². The Kier molecular flexibility index (Phi) is 3.47. The Labute approximate surface area is 101 Å². The van der Waals surface area contributed by atoms with Gasteiger partial charge in [0.15, 0.2) is 11.6 Å². The van der Waals surface area contributed by atoms with Gasteiger partial charge in [0.05, 0.1) is 6.54 Å². The van der Waals surface area contributed by atoms with Crippen molar-refractivity contribution in [3.8, 4) is 0 Å². The second kappa shape index (κ2) is 5.05. The standard InChI is InChI=1S/C12H10F2N2O2/c13-9-4-1-3-8(12(9)14)10(17)7-16-11(18)5-2-6-15-16/h1-6,10,17H,7H2. The molecule has 0 radical (unpaired) electrons. The van der Waals surface area contributed by atoms with E-state index in [0.717, 1.165) is 10.7 Å². The molecule has 1 unspecified atom stereocenters. The molecule has 4 nitrogen and oxygen atoms in total. The molecular weight excluding hydrogens is 242 g/mol. The first-order valence-electron chi connectivity index (χ1n) is 5.23. The Bertz CT molecular complexity index is 613. The highest BCUT2D eigenvalue weighted by Gasteiger charge is 2.16. The molecule has 0 amide bonds. The minimum atomic E-state index is -1.34. The van der Waals surface area contributed by atoms with E-state index in [1.165, 1.54) is 30.5 Å². The quantitative estimate of drug-likeness (QED) is 0.894. The van der Waals surface area contributed by atoms with Crippen LogP contribution in [0.3, 0.4) is 0 Å². The van der Waals surface area contributed by atoms with E-state index < -0.39 is 23.3 Å². The van der Waals surface area contributed by atoms with Crippen LogP contribution in [0.4, 0.5) is 8.78 Å². The van der Waals surface area contributed by atoms with E-state index in [2.05, 4.69) is 5.10 Å². The SMILES string of the molecule is O=c1cccnn1CC(O)c1cccc(F)c1F. The fraction of sp³-hybridized carbons (Fsp3) is 0.167. The first kappa shape index (κ1) is 12.4. The highest BCUT2D eigenvalue weighted by Crippen LogP contribution is 2.19. The van der Waals surface area contributed by atoms with E-state index in [1.807, 2.05) is 0 Å². The van der Waals surface area contributed by atoms with Gasteiger partial charge >= 0.3 is 0 Å². The van der Waals surface area contributed by atoms with Crippen molar-refractivity contribution in [1.82, 2.24) is 9.78 Å². The Balaban J connectivity index is 2.28. The van der Waals surface area contributed by atoms with Crippen LogP contribution >= 0.6 is 0 Å². The Hall–Kier alpha value is -2.08. The van der Waals surface area contributed by atoms with Crippen molar-refractivity contribution < 1.29 is 13.9 Å². The summed E-state index contributed by atoms with van der Waals surface area (Å²) in [6.45, 7) is -0.236. The monoisotopic (exact) mass is 252 g/mol. The molecule has 0 bridgehead atoms. The largest absolute Gasteiger partial charge is 0.386 e. The number of aliphatic hydroxyl groups is 1. The van der Waals surface area contributed by atoms with Gasteiger partial charge in [0.1, 0.15) is 6.10 Å². The molecule has 0 saturated heterocycles. The summed E-state index contributed by atoms with van der Waals surface area (Å²) in [5.74, 6) is -2.16. The maximum atomic E-state index is 13.4. The second-order valence-electron chi connectivity index (χ2n) is 3.70. The number of halogens is 2. The zero-order chi connectivity index (χ0) is 13.1. The van der Waals surface area contributed by atoms with Crippen LogP contribution < -0.4 is 5.56 Å². The molecule has 0 fully saturated rings. The summed E-state index contributed by atoms with van der Waals surface area (Å²) in [7, 11) is 0. The third-order valence-corrected chi connectivity index (χ3v) is 2.47. The number of aliphatic hydroxyl groups excluding tert-OH is 1. The van der Waals surface area contributed by atoms with Gasteiger partial charge in [-0.05, 0) is 12.1 Å². The number of benzene rings is 1. The third kappa shape index (κ3) is 2.43. The summed E-state index contributed by atoms with van der Waals surface area (Å²) < 4.78 is 27.4. The predicted molar refractivity (Wildman–Crippen MR) is 59.8 cm³/mol. The molecule has 2 rings (SSSR count). The molecule has 1 aromatic carbocycles. The number of hydrogen-bond donors (Lipinski definition) is 1. The van der Waals surface area contributed by atoms with Gasteiger partial charge in [-0.3, -0.25) is 4.79 Å². The minimum absolute atomic E-state index is 0.201. The summed E-state index contributed by atoms with van der Waals surface area (Å²) in [4.78, 5) is 11.4. The van der Waals surface area contributed by atoms with Gasteiger partial charge in [-0.2, -0.15) is 5.10 Å². The van der Waals surface area contributed by atoms with Crippen molar-refractivity contribution >= 4 is 0 Å². The van der Waals surface area contributed by atoms with Gasteiger partial charge in [-0.15, -0.1) is 0 Å². The number of aromatic nitrogens is 2. The van der Waals surface area contributed by atoms with Crippen LogP contribution in [-0.2, 0) is 6.54 Å². The summed E-state index contributed by atoms with van der Waals surface area (Å²) >= 11 is 0. The second-order valence-corrected chi connectivity index (χ2v) is 3.70. The van der Waals surface area contributed by atoms with E-state index in [-0.39, 0.29) is 12.1 Å². The normalized spacial score (nSPS) is 12.4. The molecule has 1 heterocycles. The van der Waals surface area contributed by atoms with Crippen molar-refractivity contribution in [1.29, 1.82) is 0 Å². The Morgan fingerprint density at radius 2 is 2.06 bits per heavy atom. The summed E-state index contributed by atoms with van der Waals surface area (Å²) in [5.41, 5.74) is -0.624. The molecule has 6 heteroatoms. The molecule has 1 N–H and O–H groups in total. The molecule has 0 aliphatic rings. The first-order valence-corrected chi connectivity index (χ1v) is 5.23. The molecule has 0 aliphatic carbocycles. The summed E-state index contributed by atoms with van der Waals surface area (Å²) in [6.07, 6.45) is 0.0315. The molecule has 0 aliphatic heterocycles. The molecular formula is C12H10F2N2O2. The Morgan fingerprint density at radius 3 is 2.78 bits per heavy atom. The molecule has 94 valence electrons. The highest BCUT2D eigenvalue weighted by atomic mass is 19.2. The number of rotatable bonds is 3. The molecule has 1 atom stereocenters. The molecule has 18 heavy (non-hydrogen) atoms. The fourth-order valence-electron chi connectivity index (χ4n) is 1.56. The summed E-state index contributed by atoms with van der Waals surface area (Å²) in [6, 6.07) is 6.23. The molecule has 0 saturated carbocycles. The van der Waals surface area contributed by atoms with Crippen LogP contribution in [0.25, 0.3) is 0 Å². The van der Waals surface area contributed by atoms with Crippen molar-refractivity contribution in [2.24, 2.45) is 0 Å². The van der Waals surface area contributed by atoms with E-state index in [1.54, 1.807) is 0 Å². The zero-order valence-electron chi connectivity index (χ0n) is 9.25. The van der Waals surface area contributed by atoms with Crippen molar-refractivity contribution in [3.05, 3.63) is 64.1 Å². The van der Waals surface area contributed by atoms with Crippen LogP contribution in [0.1, 0.15) is 11.7 Å². The van der Waals surface area contributed by atoms with Crippen molar-refractivity contribution in [3.63, 3.8) is 0 Å². The van der Waals surface area contributed by atoms with Gasteiger partial charge < -0.3 is 5.11 Å². The average Bonchev–Trinajstić information content (AvgIpc) is 2.35. The lowest BCUT2D eigenvalue weighted by molar-refractivity contribution is 0.144. The average molecular weight is 252 g/mol. The lowest BCUT2D eigenvalue weighted by Crippen LogP contribution is -2.24. The van der Waals surface area contributed by atoms with E-state index in [9.17, 15) is 18.7 Å². The zero-order valence-corrected chi connectivity index (χ0v) is 9.25. The minimum Gasteiger partial charge on any atom is -0.386 e. The third-order valence-electron chi connectivity index (χ3n) is 2.47. The van der Waals surface area contributed by atoms with Gasteiger partial charge in [-0.1, -0.05) is 12.1 Å². The van der Waals surface area contributed by atoms with Crippen LogP contribution in [0.15, 0.2) is 41.3 Å².